The molecule has 9 rings (SSSR count). The maximum atomic E-state index is 7.23. The lowest BCUT2D eigenvalue weighted by atomic mass is 9.80. The van der Waals surface area contributed by atoms with Gasteiger partial charge < -0.3 is 0 Å². The highest BCUT2D eigenvalue weighted by Crippen LogP contribution is 2.47. The van der Waals surface area contributed by atoms with Crippen molar-refractivity contribution in [3.63, 3.8) is 0 Å². The molecule has 0 spiro atoms. The Kier molecular flexibility index (Phi) is 8.16. The topological polar surface area (TPSA) is 0 Å². The third-order valence-electron chi connectivity index (χ3n) is 10.3. The van der Waals surface area contributed by atoms with E-state index in [1.165, 1.54) is 77.9 Å². The molecule has 242 valence electrons. The molecule has 0 atom stereocenters. The van der Waals surface area contributed by atoms with Gasteiger partial charge in [-0.05, 0) is 121 Å². The van der Waals surface area contributed by atoms with E-state index in [1.54, 1.807) is 0 Å². The van der Waals surface area contributed by atoms with Crippen LogP contribution in [0.5, 0.6) is 0 Å². The van der Waals surface area contributed by atoms with Crippen LogP contribution >= 0.6 is 11.6 Å². The SMILES string of the molecule is Clc1cccc2c1-c1ccccc1-c1cccc(-c3cccc(-c4ccccc4)c3)c1CCc1ccc(-c3cccc(-c4ccccc4)c3)cc1-2. The summed E-state index contributed by atoms with van der Waals surface area (Å²) in [4.78, 5) is 0. The van der Waals surface area contributed by atoms with Crippen LogP contribution in [0.3, 0.4) is 0 Å². The van der Waals surface area contributed by atoms with Gasteiger partial charge in [0.05, 0.1) is 0 Å². The van der Waals surface area contributed by atoms with Crippen molar-refractivity contribution < 1.29 is 0 Å². The van der Waals surface area contributed by atoms with E-state index >= 15 is 0 Å². The van der Waals surface area contributed by atoms with E-state index < -0.39 is 0 Å². The van der Waals surface area contributed by atoms with Crippen LogP contribution in [0.25, 0.3) is 77.9 Å². The highest BCUT2D eigenvalue weighted by atomic mass is 35.5. The first-order valence-electron chi connectivity index (χ1n) is 17.7. The molecule has 1 aliphatic rings. The maximum Gasteiger partial charge on any atom is 0.0490 e. The normalized spacial score (nSPS) is 11.9. The molecule has 0 nitrogen and oxygen atoms in total. The Morgan fingerprint density at radius 2 is 0.784 bits per heavy atom. The number of benzene rings is 8. The molecule has 51 heavy (non-hydrogen) atoms. The fourth-order valence-electron chi connectivity index (χ4n) is 7.83. The summed E-state index contributed by atoms with van der Waals surface area (Å²) in [5, 5.41) is 0.760. The molecule has 1 aliphatic carbocycles. The van der Waals surface area contributed by atoms with Crippen molar-refractivity contribution in [2.75, 3.05) is 0 Å². The molecule has 0 unspecified atom stereocenters. The lowest BCUT2D eigenvalue weighted by molar-refractivity contribution is 0.965. The van der Waals surface area contributed by atoms with Crippen LogP contribution in [-0.2, 0) is 12.8 Å². The van der Waals surface area contributed by atoms with E-state index in [0.29, 0.717) is 0 Å². The summed E-state index contributed by atoms with van der Waals surface area (Å²) < 4.78 is 0. The van der Waals surface area contributed by atoms with Crippen molar-refractivity contribution in [1.29, 1.82) is 0 Å². The number of hydrogen-bond donors (Lipinski definition) is 0. The van der Waals surface area contributed by atoms with E-state index in [9.17, 15) is 0 Å². The Balaban J connectivity index is 1.24. The quantitative estimate of drug-likeness (QED) is 0.175. The number of aryl methyl sites for hydroxylation is 1. The summed E-state index contributed by atoms with van der Waals surface area (Å²) in [5.74, 6) is 0. The van der Waals surface area contributed by atoms with Crippen LogP contribution in [-0.4, -0.2) is 0 Å². The molecular formula is C50H35Cl. The summed E-state index contributed by atoms with van der Waals surface area (Å²) in [7, 11) is 0. The minimum absolute atomic E-state index is 0.760. The number of halogens is 1. The van der Waals surface area contributed by atoms with Crippen molar-refractivity contribution in [2.24, 2.45) is 0 Å². The third-order valence-corrected chi connectivity index (χ3v) is 10.6. The average molecular weight is 671 g/mol. The van der Waals surface area contributed by atoms with E-state index in [4.69, 9.17) is 11.6 Å². The largest absolute Gasteiger partial charge is 0.0836 e. The number of rotatable bonds is 4. The van der Waals surface area contributed by atoms with Gasteiger partial charge in [-0.25, -0.2) is 0 Å². The van der Waals surface area contributed by atoms with E-state index in [-0.39, 0.29) is 0 Å². The molecule has 0 bridgehead atoms. The lowest BCUT2D eigenvalue weighted by Crippen LogP contribution is -2.03. The van der Waals surface area contributed by atoms with Gasteiger partial charge >= 0.3 is 0 Å². The molecular weight excluding hydrogens is 636 g/mol. The lowest BCUT2D eigenvalue weighted by Gasteiger charge is -2.24. The monoisotopic (exact) mass is 670 g/mol. The Labute approximate surface area is 305 Å². The molecule has 0 amide bonds. The van der Waals surface area contributed by atoms with Crippen LogP contribution in [0.1, 0.15) is 11.1 Å². The van der Waals surface area contributed by atoms with Gasteiger partial charge in [0.25, 0.3) is 0 Å². The maximum absolute atomic E-state index is 7.23. The first-order chi connectivity index (χ1) is 25.2. The fraction of sp³-hybridized carbons (Fsp3) is 0.0400. The van der Waals surface area contributed by atoms with Gasteiger partial charge in [0.1, 0.15) is 0 Å². The second-order valence-corrected chi connectivity index (χ2v) is 13.7. The van der Waals surface area contributed by atoms with E-state index in [2.05, 4.69) is 182 Å². The summed E-state index contributed by atoms with van der Waals surface area (Å²) in [6.07, 6.45) is 1.80. The van der Waals surface area contributed by atoms with E-state index in [0.717, 1.165) is 29.0 Å². The van der Waals surface area contributed by atoms with E-state index in [1.807, 2.05) is 6.07 Å². The van der Waals surface area contributed by atoms with Gasteiger partial charge in [-0.2, -0.15) is 0 Å². The standard InChI is InChI=1S/C50H35Cl/c51-49-26-12-25-47-48-33-40(39-19-9-17-37(31-39)34-13-3-1-4-14-34)28-27-36(48)29-30-45-42(41-20-10-18-38(32-41)35-15-5-2-6-16-35)23-11-24-43(45)44-21-7-8-22-46(44)50(47)49/h1-28,31-33H,29-30H2. The zero-order valence-corrected chi connectivity index (χ0v) is 28.9. The van der Waals surface area contributed by atoms with Gasteiger partial charge in [-0.15, -0.1) is 0 Å². The summed E-state index contributed by atoms with van der Waals surface area (Å²) >= 11 is 7.23. The second-order valence-electron chi connectivity index (χ2n) is 13.3. The molecule has 0 fully saturated rings. The zero-order chi connectivity index (χ0) is 34.1. The summed E-state index contributed by atoms with van der Waals surface area (Å²) in [6.45, 7) is 0. The van der Waals surface area contributed by atoms with Crippen molar-refractivity contribution in [3.05, 3.63) is 204 Å². The Hall–Kier alpha value is -5.95. The van der Waals surface area contributed by atoms with Crippen LogP contribution in [0, 0.1) is 0 Å². The van der Waals surface area contributed by atoms with Crippen LogP contribution in [0.4, 0.5) is 0 Å². The highest BCUT2D eigenvalue weighted by molar-refractivity contribution is 6.34. The summed E-state index contributed by atoms with van der Waals surface area (Å²) in [6, 6.07) is 68.1. The molecule has 0 aromatic heterocycles. The molecule has 0 radical (unpaired) electrons. The van der Waals surface area contributed by atoms with Gasteiger partial charge in [0.2, 0.25) is 0 Å². The van der Waals surface area contributed by atoms with Gasteiger partial charge in [-0.1, -0.05) is 175 Å². The van der Waals surface area contributed by atoms with Crippen LogP contribution in [0.15, 0.2) is 188 Å². The van der Waals surface area contributed by atoms with Crippen molar-refractivity contribution in [1.82, 2.24) is 0 Å². The second kappa shape index (κ2) is 13.4. The Morgan fingerprint density at radius 3 is 1.51 bits per heavy atom. The minimum Gasteiger partial charge on any atom is -0.0836 e. The smallest absolute Gasteiger partial charge is 0.0490 e. The predicted molar refractivity (Wildman–Crippen MR) is 217 cm³/mol. The van der Waals surface area contributed by atoms with Gasteiger partial charge in [0.15, 0.2) is 0 Å². The third kappa shape index (κ3) is 5.88. The Bertz CT molecular complexity index is 2530. The van der Waals surface area contributed by atoms with Crippen LogP contribution < -0.4 is 0 Å². The molecule has 8 aromatic carbocycles. The van der Waals surface area contributed by atoms with Gasteiger partial charge in [-0.3, -0.25) is 0 Å². The molecule has 0 heterocycles. The number of fused-ring (bicyclic) bond motifs is 7. The molecule has 0 saturated heterocycles. The Morgan fingerprint density at radius 1 is 0.294 bits per heavy atom. The van der Waals surface area contributed by atoms with Crippen LogP contribution in [0.2, 0.25) is 5.02 Å². The number of hydrogen-bond acceptors (Lipinski definition) is 0. The molecule has 0 N–H and O–H groups in total. The fourth-order valence-corrected chi connectivity index (χ4v) is 8.10. The highest BCUT2D eigenvalue weighted by Gasteiger charge is 2.23. The molecule has 1 heteroatoms. The zero-order valence-electron chi connectivity index (χ0n) is 28.2. The predicted octanol–water partition coefficient (Wildman–Crippen LogP) is 14.1. The minimum atomic E-state index is 0.760. The molecule has 8 aromatic rings. The first-order valence-corrected chi connectivity index (χ1v) is 18.0. The van der Waals surface area contributed by atoms with Crippen molar-refractivity contribution in [2.45, 2.75) is 12.8 Å². The van der Waals surface area contributed by atoms with Crippen molar-refractivity contribution in [3.8, 4) is 77.9 Å². The van der Waals surface area contributed by atoms with Gasteiger partial charge in [0, 0.05) is 10.6 Å². The molecule has 0 aliphatic heterocycles. The summed E-state index contributed by atoms with van der Waals surface area (Å²) in [5.41, 5.74) is 19.6. The average Bonchev–Trinajstić information content (AvgIpc) is 3.20. The van der Waals surface area contributed by atoms with Crippen molar-refractivity contribution >= 4 is 11.6 Å². The molecule has 0 saturated carbocycles. The first kappa shape index (κ1) is 31.1.